The predicted molar refractivity (Wildman–Crippen MR) is 303 cm³/mol. The number of benzene rings is 12. The number of hydrogen-bond acceptors (Lipinski definition) is 2. The Bertz CT molecular complexity index is 3740. The summed E-state index contributed by atoms with van der Waals surface area (Å²) in [5, 5.41) is 14.7. The van der Waals surface area contributed by atoms with E-state index < -0.39 is 0 Å². The standard InChI is InChI=1S/C63H44N2.2C2H6/c1-3-15-59(52-23-12-7-16-42(52)2)65(49-21-5-4-6-22-49)61-38-31-46-29-35-57-55(34-28-45-30-36-58(61)63(46)62(45)57)54-37-39-60(56-25-14-13-24-53(54)56)64(50-32-26-43-17-8-10-19-47(43)40-50)51-33-27-44-18-9-11-20-48(44)41-51;2*1-2/h3-41H,1H2,2H3;2*1-2H3/b59-15+;;. The monoisotopic (exact) mass is 888 g/mol. The van der Waals surface area contributed by atoms with Crippen LogP contribution in [-0.4, -0.2) is 0 Å². The first-order valence-electron chi connectivity index (χ1n) is 24.4. The van der Waals surface area contributed by atoms with Crippen LogP contribution in [0.15, 0.2) is 243 Å². The lowest BCUT2D eigenvalue weighted by Gasteiger charge is -2.31. The number of para-hydroxylation sites is 1. The topological polar surface area (TPSA) is 6.48 Å². The molecule has 0 saturated heterocycles. The summed E-state index contributed by atoms with van der Waals surface area (Å²) in [6.45, 7) is 14.4. The minimum Gasteiger partial charge on any atom is -0.310 e. The molecule has 0 spiro atoms. The largest absolute Gasteiger partial charge is 0.310 e. The Kier molecular flexibility index (Phi) is 12.5. The van der Waals surface area contributed by atoms with E-state index in [0.29, 0.717) is 0 Å². The number of aryl methyl sites for hydroxylation is 1. The van der Waals surface area contributed by atoms with Crippen molar-refractivity contribution in [3.8, 4) is 11.1 Å². The van der Waals surface area contributed by atoms with Gasteiger partial charge >= 0.3 is 0 Å². The maximum Gasteiger partial charge on any atom is 0.0540 e. The van der Waals surface area contributed by atoms with Crippen molar-refractivity contribution in [2.45, 2.75) is 34.6 Å². The van der Waals surface area contributed by atoms with Crippen LogP contribution in [0.4, 0.5) is 28.4 Å². The molecule has 0 heterocycles. The van der Waals surface area contributed by atoms with Crippen LogP contribution >= 0.6 is 0 Å². The zero-order chi connectivity index (χ0) is 47.4. The van der Waals surface area contributed by atoms with Gasteiger partial charge in [-0.05, 0) is 132 Å². The van der Waals surface area contributed by atoms with Crippen LogP contribution < -0.4 is 9.80 Å². The van der Waals surface area contributed by atoms with E-state index in [9.17, 15) is 0 Å². The van der Waals surface area contributed by atoms with Crippen molar-refractivity contribution in [3.63, 3.8) is 0 Å². The highest BCUT2D eigenvalue weighted by Gasteiger charge is 2.24. The molecule has 0 aliphatic rings. The number of anilines is 5. The van der Waals surface area contributed by atoms with Crippen LogP contribution in [0.3, 0.4) is 0 Å². The molecule has 12 aromatic carbocycles. The van der Waals surface area contributed by atoms with Crippen molar-refractivity contribution in [1.29, 1.82) is 0 Å². The van der Waals surface area contributed by atoms with Gasteiger partial charge in [0.2, 0.25) is 0 Å². The van der Waals surface area contributed by atoms with E-state index in [1.807, 2.05) is 33.8 Å². The van der Waals surface area contributed by atoms with Crippen molar-refractivity contribution in [2.24, 2.45) is 0 Å². The molecule has 2 nitrogen and oxygen atoms in total. The molecule has 0 aromatic heterocycles. The lowest BCUT2D eigenvalue weighted by molar-refractivity contribution is 1.28. The van der Waals surface area contributed by atoms with Crippen LogP contribution in [0.5, 0.6) is 0 Å². The van der Waals surface area contributed by atoms with E-state index in [0.717, 1.165) is 34.1 Å². The van der Waals surface area contributed by atoms with Crippen LogP contribution in [0.25, 0.3) is 81.5 Å². The molecular weight excluding hydrogens is 833 g/mol. The van der Waals surface area contributed by atoms with E-state index in [-0.39, 0.29) is 0 Å². The number of nitrogens with zero attached hydrogens (tertiary/aromatic N) is 2. The highest BCUT2D eigenvalue weighted by molar-refractivity contribution is 6.29. The maximum atomic E-state index is 4.18. The number of fused-ring (bicyclic) bond motifs is 3. The summed E-state index contributed by atoms with van der Waals surface area (Å²) < 4.78 is 0. The average Bonchev–Trinajstić information content (AvgIpc) is 3.42. The zero-order valence-electron chi connectivity index (χ0n) is 40.1. The van der Waals surface area contributed by atoms with Gasteiger partial charge < -0.3 is 9.80 Å². The van der Waals surface area contributed by atoms with Crippen molar-refractivity contribution >= 4 is 98.8 Å². The van der Waals surface area contributed by atoms with Gasteiger partial charge in [-0.1, -0.05) is 216 Å². The smallest absolute Gasteiger partial charge is 0.0540 e. The van der Waals surface area contributed by atoms with Crippen molar-refractivity contribution < 1.29 is 0 Å². The summed E-state index contributed by atoms with van der Waals surface area (Å²) >= 11 is 0. The third-order valence-corrected chi connectivity index (χ3v) is 13.2. The van der Waals surface area contributed by atoms with Gasteiger partial charge in [0.15, 0.2) is 0 Å². The SMILES string of the molecule is C=C/C=C(\c1ccccc1C)N(c1ccccc1)c1ccc2ccc3c(-c4ccc(N(c5ccc6ccccc6c5)c5ccc6ccccc6c5)c5ccccc45)ccc4ccc1c2c43.CC.CC. The first kappa shape index (κ1) is 44.4. The Balaban J connectivity index is 0.00000135. The summed E-state index contributed by atoms with van der Waals surface area (Å²) in [5.41, 5.74) is 11.5. The van der Waals surface area contributed by atoms with Crippen LogP contribution in [0.1, 0.15) is 38.8 Å². The van der Waals surface area contributed by atoms with Gasteiger partial charge in [-0.15, -0.1) is 0 Å². The summed E-state index contributed by atoms with van der Waals surface area (Å²) in [4.78, 5) is 4.83. The van der Waals surface area contributed by atoms with Crippen molar-refractivity contribution in [1.82, 2.24) is 0 Å². The molecule has 0 radical (unpaired) electrons. The van der Waals surface area contributed by atoms with Crippen molar-refractivity contribution in [2.75, 3.05) is 9.80 Å². The quantitative estimate of drug-likeness (QED) is 0.105. The normalized spacial score (nSPS) is 11.4. The molecule has 0 saturated carbocycles. The van der Waals surface area contributed by atoms with E-state index in [4.69, 9.17) is 0 Å². The number of hydrogen-bond donors (Lipinski definition) is 0. The minimum atomic E-state index is 1.08. The van der Waals surface area contributed by atoms with Gasteiger partial charge in [0.1, 0.15) is 0 Å². The van der Waals surface area contributed by atoms with Crippen LogP contribution in [-0.2, 0) is 0 Å². The maximum absolute atomic E-state index is 4.18. The summed E-state index contributed by atoms with van der Waals surface area (Å²) in [5.74, 6) is 0. The molecule has 69 heavy (non-hydrogen) atoms. The second-order valence-corrected chi connectivity index (χ2v) is 17.0. The third-order valence-electron chi connectivity index (χ3n) is 13.2. The molecular formula is C67H56N2. The molecule has 2 heteroatoms. The van der Waals surface area contributed by atoms with E-state index in [1.165, 1.54) is 86.9 Å². The number of rotatable bonds is 9. The first-order valence-corrected chi connectivity index (χ1v) is 24.4. The molecule has 0 N–H and O–H groups in total. The Morgan fingerprint density at radius 2 is 0.855 bits per heavy atom. The van der Waals surface area contributed by atoms with Gasteiger partial charge in [0.25, 0.3) is 0 Å². The van der Waals surface area contributed by atoms with Gasteiger partial charge in [-0.2, -0.15) is 0 Å². The summed E-state index contributed by atoms with van der Waals surface area (Å²) in [6.07, 6.45) is 4.04. The van der Waals surface area contributed by atoms with E-state index >= 15 is 0 Å². The minimum absolute atomic E-state index is 1.08. The molecule has 334 valence electrons. The Labute approximate surface area is 406 Å². The zero-order valence-corrected chi connectivity index (χ0v) is 40.1. The highest BCUT2D eigenvalue weighted by atomic mass is 15.2. The summed E-state index contributed by atoms with van der Waals surface area (Å²) in [7, 11) is 0. The van der Waals surface area contributed by atoms with Crippen LogP contribution in [0, 0.1) is 6.92 Å². The van der Waals surface area contributed by atoms with Gasteiger partial charge in [0.05, 0.1) is 17.1 Å². The fourth-order valence-corrected chi connectivity index (χ4v) is 10.2. The fourth-order valence-electron chi connectivity index (χ4n) is 10.2. The predicted octanol–water partition coefficient (Wildman–Crippen LogP) is 19.9. The van der Waals surface area contributed by atoms with E-state index in [1.54, 1.807) is 0 Å². The molecule has 0 amide bonds. The summed E-state index contributed by atoms with van der Waals surface area (Å²) in [6, 6.07) is 82.3. The molecule has 0 atom stereocenters. The molecule has 0 bridgehead atoms. The highest BCUT2D eigenvalue weighted by Crippen LogP contribution is 2.48. The fraction of sp³-hybridized carbons (Fsp3) is 0.0746. The average molecular weight is 889 g/mol. The molecule has 0 unspecified atom stereocenters. The molecule has 12 rings (SSSR count). The Morgan fingerprint density at radius 1 is 0.377 bits per heavy atom. The van der Waals surface area contributed by atoms with E-state index in [2.05, 4.69) is 254 Å². The van der Waals surface area contributed by atoms with Gasteiger partial charge in [-0.3, -0.25) is 0 Å². The van der Waals surface area contributed by atoms with Gasteiger partial charge in [0, 0.05) is 33.4 Å². The second-order valence-electron chi connectivity index (χ2n) is 17.0. The molecule has 0 aliphatic carbocycles. The van der Waals surface area contributed by atoms with Crippen molar-refractivity contribution in [3.05, 3.63) is 254 Å². The molecule has 12 aromatic rings. The number of allylic oxidation sites excluding steroid dienone is 2. The van der Waals surface area contributed by atoms with Crippen LogP contribution in [0.2, 0.25) is 0 Å². The molecule has 0 aliphatic heterocycles. The third kappa shape index (κ3) is 7.94. The van der Waals surface area contributed by atoms with Gasteiger partial charge in [-0.25, -0.2) is 0 Å². The Morgan fingerprint density at radius 3 is 1.51 bits per heavy atom. The first-order chi connectivity index (χ1) is 34.1. The lowest BCUT2D eigenvalue weighted by atomic mass is 9.87. The lowest BCUT2D eigenvalue weighted by Crippen LogP contribution is -2.16. The molecule has 0 fully saturated rings. The second kappa shape index (κ2) is 19.4. The Hall–Kier alpha value is -8.46.